The molecule has 3 rings (SSSR count). The number of halogens is 3. The summed E-state index contributed by atoms with van der Waals surface area (Å²) in [6.45, 7) is 2.66. The number of nitrogens with one attached hydrogen (secondary N) is 1. The first-order valence-corrected chi connectivity index (χ1v) is 7.61. The Hall–Kier alpha value is -2.39. The maximum absolute atomic E-state index is 12.7. The van der Waals surface area contributed by atoms with Gasteiger partial charge in [0.15, 0.2) is 5.69 Å². The smallest absolute Gasteiger partial charge is 0.340 e. The van der Waals surface area contributed by atoms with Crippen LogP contribution in [0.2, 0.25) is 0 Å². The van der Waals surface area contributed by atoms with Gasteiger partial charge < -0.3 is 4.90 Å². The van der Waals surface area contributed by atoms with Crippen LogP contribution < -0.4 is 0 Å². The summed E-state index contributed by atoms with van der Waals surface area (Å²) in [5.74, 6) is -0.310. The van der Waals surface area contributed by atoms with E-state index >= 15 is 0 Å². The fourth-order valence-corrected chi connectivity index (χ4v) is 2.92. The molecule has 3 heterocycles. The Bertz CT molecular complexity index is 696. The van der Waals surface area contributed by atoms with E-state index in [2.05, 4.69) is 20.3 Å². The Balaban J connectivity index is 1.70. The highest BCUT2D eigenvalue weighted by Crippen LogP contribution is 2.32. The summed E-state index contributed by atoms with van der Waals surface area (Å²) in [5, 5.41) is 9.75. The highest BCUT2D eigenvalue weighted by Gasteiger charge is 2.36. The predicted octanol–water partition coefficient (Wildman–Crippen LogP) is 1.99. The highest BCUT2D eigenvalue weighted by atomic mass is 19.4. The van der Waals surface area contributed by atoms with E-state index in [1.807, 2.05) is 0 Å². The molecule has 1 amide bonds. The predicted molar refractivity (Wildman–Crippen MR) is 76.9 cm³/mol. The molecular weight excluding hydrogens is 325 g/mol. The van der Waals surface area contributed by atoms with E-state index in [9.17, 15) is 18.0 Å². The summed E-state index contributed by atoms with van der Waals surface area (Å²) in [7, 11) is 0. The third-order valence-electron chi connectivity index (χ3n) is 4.25. The number of H-pyrrole nitrogens is 1. The van der Waals surface area contributed by atoms with Crippen molar-refractivity contribution in [3.05, 3.63) is 30.1 Å². The Morgan fingerprint density at radius 2 is 2.25 bits per heavy atom. The molecule has 1 fully saturated rings. The lowest BCUT2D eigenvalue weighted by molar-refractivity contribution is -0.141. The molecule has 2 aromatic rings. The summed E-state index contributed by atoms with van der Waals surface area (Å²) in [6, 6.07) is 0.526. The van der Waals surface area contributed by atoms with Gasteiger partial charge in [-0.25, -0.2) is 9.67 Å². The minimum Gasteiger partial charge on any atom is -0.340 e. The molecule has 7 nitrogen and oxygen atoms in total. The van der Waals surface area contributed by atoms with Crippen LogP contribution in [0.1, 0.15) is 43.1 Å². The molecular formula is C14H17F3N6O. The van der Waals surface area contributed by atoms with E-state index in [-0.39, 0.29) is 11.8 Å². The lowest BCUT2D eigenvalue weighted by atomic mass is 9.94. The summed E-state index contributed by atoms with van der Waals surface area (Å²) in [4.78, 5) is 18.1. The number of nitrogens with zero attached hydrogens (tertiary/aromatic N) is 5. The molecule has 1 N–H and O–H groups in total. The molecule has 0 saturated carbocycles. The van der Waals surface area contributed by atoms with E-state index in [0.29, 0.717) is 25.2 Å². The Morgan fingerprint density at radius 1 is 1.46 bits per heavy atom. The van der Waals surface area contributed by atoms with Crippen molar-refractivity contribution in [1.82, 2.24) is 29.9 Å². The van der Waals surface area contributed by atoms with E-state index in [0.717, 1.165) is 12.5 Å². The monoisotopic (exact) mass is 342 g/mol. The Labute approximate surface area is 135 Å². The van der Waals surface area contributed by atoms with Crippen LogP contribution in [0.5, 0.6) is 0 Å². The fourth-order valence-electron chi connectivity index (χ4n) is 2.92. The zero-order valence-electron chi connectivity index (χ0n) is 13.0. The van der Waals surface area contributed by atoms with Crippen LogP contribution in [0.4, 0.5) is 13.2 Å². The van der Waals surface area contributed by atoms with E-state index in [1.165, 1.54) is 17.3 Å². The van der Waals surface area contributed by atoms with Gasteiger partial charge in [0.1, 0.15) is 18.7 Å². The van der Waals surface area contributed by atoms with Gasteiger partial charge in [0.25, 0.3) is 0 Å². The Morgan fingerprint density at radius 3 is 2.88 bits per heavy atom. The maximum Gasteiger partial charge on any atom is 0.435 e. The minimum absolute atomic E-state index is 0.124. The van der Waals surface area contributed by atoms with Gasteiger partial charge in [-0.05, 0) is 25.8 Å². The molecule has 0 spiro atoms. The van der Waals surface area contributed by atoms with Crippen LogP contribution in [-0.4, -0.2) is 48.9 Å². The second-order valence-electron chi connectivity index (χ2n) is 5.88. The van der Waals surface area contributed by atoms with E-state index in [1.54, 1.807) is 11.8 Å². The minimum atomic E-state index is -4.47. The third kappa shape index (κ3) is 3.26. The van der Waals surface area contributed by atoms with Gasteiger partial charge in [-0.3, -0.25) is 9.89 Å². The van der Waals surface area contributed by atoms with E-state index < -0.39 is 17.9 Å². The quantitative estimate of drug-likeness (QED) is 0.925. The summed E-state index contributed by atoms with van der Waals surface area (Å²) in [5.41, 5.74) is -0.523. The second kappa shape index (κ2) is 6.25. The van der Waals surface area contributed by atoms with Gasteiger partial charge in [-0.2, -0.15) is 23.4 Å². The highest BCUT2D eigenvalue weighted by molar-refractivity contribution is 5.80. The number of aromatic nitrogens is 5. The SMILES string of the molecule is C[C@@H](C(=O)N1CCC[C@@H](c2cc(C(F)(F)F)n[nH]2)C1)n1cncn1. The van der Waals surface area contributed by atoms with Crippen molar-refractivity contribution >= 4 is 5.91 Å². The first-order chi connectivity index (χ1) is 11.4. The van der Waals surface area contributed by atoms with Crippen molar-refractivity contribution in [2.24, 2.45) is 0 Å². The molecule has 0 radical (unpaired) electrons. The first-order valence-electron chi connectivity index (χ1n) is 7.61. The summed E-state index contributed by atoms with van der Waals surface area (Å²) < 4.78 is 39.5. The van der Waals surface area contributed by atoms with Crippen LogP contribution in [0.25, 0.3) is 0 Å². The zero-order valence-corrected chi connectivity index (χ0v) is 13.0. The number of carbonyl (C=O) groups excluding carboxylic acids is 1. The van der Waals surface area contributed by atoms with Crippen molar-refractivity contribution < 1.29 is 18.0 Å². The summed E-state index contributed by atoms with van der Waals surface area (Å²) >= 11 is 0. The number of carbonyl (C=O) groups is 1. The average molecular weight is 342 g/mol. The standard InChI is InChI=1S/C14H17F3N6O/c1-9(23-8-18-7-19-23)13(24)22-4-2-3-10(6-22)11-5-12(21-20-11)14(15,16)17/h5,7-10H,2-4,6H2,1H3,(H,20,21)/t9-,10+/m0/s1. The summed E-state index contributed by atoms with van der Waals surface area (Å²) in [6.07, 6.45) is -0.219. The largest absolute Gasteiger partial charge is 0.435 e. The third-order valence-corrected chi connectivity index (χ3v) is 4.25. The van der Waals surface area contributed by atoms with Crippen LogP contribution in [0.3, 0.4) is 0 Å². The average Bonchev–Trinajstić information content (AvgIpc) is 3.24. The number of alkyl halides is 3. The van der Waals surface area contributed by atoms with Crippen LogP contribution >= 0.6 is 0 Å². The second-order valence-corrected chi connectivity index (χ2v) is 5.88. The lowest BCUT2D eigenvalue weighted by Gasteiger charge is -2.33. The molecule has 10 heteroatoms. The van der Waals surface area contributed by atoms with Gasteiger partial charge in [0.05, 0.1) is 0 Å². The molecule has 2 atom stereocenters. The molecule has 0 aliphatic carbocycles. The van der Waals surface area contributed by atoms with Gasteiger partial charge in [-0.1, -0.05) is 0 Å². The normalized spacial score (nSPS) is 20.2. The lowest BCUT2D eigenvalue weighted by Crippen LogP contribution is -2.42. The van der Waals surface area contributed by atoms with Crippen molar-refractivity contribution in [2.45, 2.75) is 37.9 Å². The number of piperidine rings is 1. The van der Waals surface area contributed by atoms with Gasteiger partial charge in [-0.15, -0.1) is 0 Å². The molecule has 0 unspecified atom stereocenters. The van der Waals surface area contributed by atoms with Crippen molar-refractivity contribution in [3.8, 4) is 0 Å². The van der Waals surface area contributed by atoms with E-state index in [4.69, 9.17) is 0 Å². The maximum atomic E-state index is 12.7. The number of amides is 1. The zero-order chi connectivity index (χ0) is 17.3. The molecule has 24 heavy (non-hydrogen) atoms. The molecule has 1 saturated heterocycles. The molecule has 0 bridgehead atoms. The van der Waals surface area contributed by atoms with Crippen molar-refractivity contribution in [3.63, 3.8) is 0 Å². The number of aromatic amines is 1. The van der Waals surface area contributed by atoms with Gasteiger partial charge >= 0.3 is 6.18 Å². The van der Waals surface area contributed by atoms with Crippen molar-refractivity contribution in [2.75, 3.05) is 13.1 Å². The number of rotatable bonds is 3. The van der Waals surface area contributed by atoms with Crippen LogP contribution in [0, 0.1) is 0 Å². The molecule has 2 aromatic heterocycles. The fraction of sp³-hybridized carbons (Fsp3) is 0.571. The van der Waals surface area contributed by atoms with Crippen LogP contribution in [0.15, 0.2) is 18.7 Å². The number of likely N-dealkylation sites (tertiary alicyclic amines) is 1. The molecule has 0 aromatic carbocycles. The molecule has 1 aliphatic heterocycles. The van der Waals surface area contributed by atoms with Gasteiger partial charge in [0.2, 0.25) is 5.91 Å². The molecule has 130 valence electrons. The Kier molecular flexibility index (Phi) is 4.29. The number of hydrogen-bond acceptors (Lipinski definition) is 4. The van der Waals surface area contributed by atoms with Crippen LogP contribution in [-0.2, 0) is 11.0 Å². The topological polar surface area (TPSA) is 79.7 Å². The molecule has 1 aliphatic rings. The number of hydrogen-bond donors (Lipinski definition) is 1. The van der Waals surface area contributed by atoms with Crippen molar-refractivity contribution in [1.29, 1.82) is 0 Å². The van der Waals surface area contributed by atoms with Gasteiger partial charge in [0, 0.05) is 24.7 Å². The first kappa shape index (κ1) is 16.5.